The maximum absolute atomic E-state index is 13.6. The number of rotatable bonds is 4. The number of fused-ring (bicyclic) bond motifs is 5. The van der Waals surface area contributed by atoms with Gasteiger partial charge in [0.15, 0.2) is 5.78 Å². The number of carbonyl (C=O) groups excluding carboxylic acids is 3. The van der Waals surface area contributed by atoms with E-state index in [0.717, 1.165) is 11.1 Å². The van der Waals surface area contributed by atoms with E-state index < -0.39 is 28.8 Å². The van der Waals surface area contributed by atoms with Crippen molar-refractivity contribution in [3.8, 4) is 0 Å². The monoisotopic (exact) mass is 417 g/mol. The van der Waals surface area contributed by atoms with Crippen LogP contribution in [0.25, 0.3) is 6.08 Å². The molecule has 2 fully saturated rings. The molecule has 8 nitrogen and oxygen atoms in total. The van der Waals surface area contributed by atoms with E-state index in [2.05, 4.69) is 0 Å². The van der Waals surface area contributed by atoms with E-state index in [9.17, 15) is 24.5 Å². The molecule has 0 aromatic heterocycles. The molecule has 2 aromatic rings. The Hall–Kier alpha value is -3.81. The lowest BCUT2D eigenvalue weighted by atomic mass is 9.83. The first kappa shape index (κ1) is 19.2. The van der Waals surface area contributed by atoms with Gasteiger partial charge in [0.2, 0.25) is 11.8 Å². The highest BCUT2D eigenvalue weighted by atomic mass is 16.6. The van der Waals surface area contributed by atoms with Crippen LogP contribution < -0.4 is 0 Å². The van der Waals surface area contributed by atoms with Gasteiger partial charge in [-0.1, -0.05) is 24.3 Å². The number of hydrogen-bond donors (Lipinski definition) is 0. The minimum absolute atomic E-state index is 0.116. The average molecular weight is 417 g/mol. The van der Waals surface area contributed by atoms with E-state index >= 15 is 0 Å². The van der Waals surface area contributed by atoms with E-state index in [4.69, 9.17) is 0 Å². The molecule has 0 spiro atoms. The predicted molar refractivity (Wildman–Crippen MR) is 111 cm³/mol. The van der Waals surface area contributed by atoms with Crippen LogP contribution in [0.2, 0.25) is 0 Å². The van der Waals surface area contributed by atoms with Gasteiger partial charge in [0.05, 0.1) is 22.8 Å². The molecule has 0 aliphatic carbocycles. The van der Waals surface area contributed by atoms with Gasteiger partial charge in [-0.25, -0.2) is 0 Å². The summed E-state index contributed by atoms with van der Waals surface area (Å²) in [6.45, 7) is 2.00. The number of hydrogen-bond acceptors (Lipinski definition) is 6. The third kappa shape index (κ3) is 2.64. The summed E-state index contributed by atoms with van der Waals surface area (Å²) < 4.78 is 0. The molecular formula is C23H19N3O5. The third-order valence-electron chi connectivity index (χ3n) is 6.50. The fraction of sp³-hybridized carbons (Fsp3) is 0.261. The van der Waals surface area contributed by atoms with Crippen molar-refractivity contribution >= 4 is 29.4 Å². The highest BCUT2D eigenvalue weighted by Crippen LogP contribution is 2.53. The molecule has 3 aliphatic rings. The number of benzene rings is 2. The third-order valence-corrected chi connectivity index (χ3v) is 6.50. The van der Waals surface area contributed by atoms with Gasteiger partial charge in [0.25, 0.3) is 5.69 Å². The van der Waals surface area contributed by atoms with Gasteiger partial charge in [0.1, 0.15) is 6.04 Å². The van der Waals surface area contributed by atoms with Crippen LogP contribution in [0.5, 0.6) is 0 Å². The smallest absolute Gasteiger partial charge is 0.269 e. The summed E-state index contributed by atoms with van der Waals surface area (Å²) in [7, 11) is 0. The zero-order chi connectivity index (χ0) is 21.9. The van der Waals surface area contributed by atoms with Crippen molar-refractivity contribution in [2.45, 2.75) is 19.0 Å². The maximum Gasteiger partial charge on any atom is 0.269 e. The van der Waals surface area contributed by atoms with Gasteiger partial charge in [-0.2, -0.15) is 0 Å². The number of nitro benzene ring substituents is 1. The summed E-state index contributed by atoms with van der Waals surface area (Å²) in [6.07, 6.45) is 3.67. The second-order valence-electron chi connectivity index (χ2n) is 7.92. The molecule has 2 saturated heterocycles. The maximum atomic E-state index is 13.6. The van der Waals surface area contributed by atoms with Crippen molar-refractivity contribution in [3.05, 3.63) is 81.5 Å². The molecule has 8 heteroatoms. The zero-order valence-electron chi connectivity index (χ0n) is 16.7. The summed E-state index contributed by atoms with van der Waals surface area (Å²) >= 11 is 0. The summed E-state index contributed by atoms with van der Waals surface area (Å²) in [5.74, 6) is -2.35. The Bertz CT molecular complexity index is 1160. The molecule has 3 heterocycles. The molecule has 4 atom stereocenters. The van der Waals surface area contributed by atoms with Crippen molar-refractivity contribution in [1.29, 1.82) is 0 Å². The van der Waals surface area contributed by atoms with Gasteiger partial charge in [-0.3, -0.25) is 29.4 Å². The number of nitro groups is 1. The van der Waals surface area contributed by atoms with E-state index in [1.807, 2.05) is 35.2 Å². The topological polar surface area (TPSA) is 101 Å². The van der Waals surface area contributed by atoms with E-state index in [1.54, 1.807) is 13.1 Å². The molecule has 2 amide bonds. The van der Waals surface area contributed by atoms with Crippen molar-refractivity contribution in [3.63, 3.8) is 0 Å². The molecular weight excluding hydrogens is 398 g/mol. The minimum Gasteiger partial charge on any atom is -0.358 e. The number of Topliss-reactive ketones (excluding diaryl/α,β-unsaturated/α-hetero) is 1. The van der Waals surface area contributed by atoms with Crippen LogP contribution in [0.3, 0.4) is 0 Å². The molecule has 0 unspecified atom stereocenters. The van der Waals surface area contributed by atoms with E-state index in [-0.39, 0.29) is 35.4 Å². The molecule has 5 rings (SSSR count). The predicted octanol–water partition coefficient (Wildman–Crippen LogP) is 2.81. The number of ketones is 1. The summed E-state index contributed by atoms with van der Waals surface area (Å²) in [6, 6.07) is 11.8. The van der Waals surface area contributed by atoms with Crippen LogP contribution in [0.1, 0.15) is 34.5 Å². The minimum atomic E-state index is -0.853. The number of amides is 2. The Labute approximate surface area is 177 Å². The van der Waals surface area contributed by atoms with Crippen molar-refractivity contribution in [2.75, 3.05) is 6.54 Å². The van der Waals surface area contributed by atoms with Gasteiger partial charge >= 0.3 is 0 Å². The van der Waals surface area contributed by atoms with Crippen molar-refractivity contribution < 1.29 is 19.3 Å². The highest BCUT2D eigenvalue weighted by Gasteiger charge is 2.63. The van der Waals surface area contributed by atoms with Gasteiger partial charge < -0.3 is 4.90 Å². The summed E-state index contributed by atoms with van der Waals surface area (Å²) in [5.41, 5.74) is 2.03. The summed E-state index contributed by atoms with van der Waals surface area (Å²) in [4.78, 5) is 53.4. The molecule has 156 valence electrons. The fourth-order valence-electron chi connectivity index (χ4n) is 5.15. The lowest BCUT2D eigenvalue weighted by Crippen LogP contribution is -2.44. The largest absolute Gasteiger partial charge is 0.358 e. The standard InChI is InChI=1S/C23H19N3O5/c1-2-24-22(28)17-18(23(24)29)20(21(27)14-7-9-15(10-8-14)26(30)31)25-12-11-13-5-3-4-6-16(13)19(17)25/h3-12,17-20H,2H2,1H3/t17-,18+,19+,20+/m1/s1. The highest BCUT2D eigenvalue weighted by molar-refractivity contribution is 6.12. The van der Waals surface area contributed by atoms with Gasteiger partial charge in [-0.15, -0.1) is 0 Å². The normalized spacial score (nSPS) is 26.0. The van der Waals surface area contributed by atoms with Crippen molar-refractivity contribution in [1.82, 2.24) is 9.80 Å². The number of carbonyl (C=O) groups is 3. The molecule has 0 saturated carbocycles. The van der Waals surface area contributed by atoms with E-state index in [0.29, 0.717) is 0 Å². The Morgan fingerprint density at radius 3 is 2.39 bits per heavy atom. The fourth-order valence-corrected chi connectivity index (χ4v) is 5.15. The molecule has 3 aliphatic heterocycles. The lowest BCUT2D eigenvalue weighted by molar-refractivity contribution is -0.384. The van der Waals surface area contributed by atoms with Crippen LogP contribution >= 0.6 is 0 Å². The first-order valence-corrected chi connectivity index (χ1v) is 10.1. The molecule has 31 heavy (non-hydrogen) atoms. The first-order chi connectivity index (χ1) is 14.9. The Kier molecular flexibility index (Phi) is 4.25. The number of imide groups is 1. The van der Waals surface area contributed by atoms with E-state index in [1.165, 1.54) is 29.2 Å². The number of likely N-dealkylation sites (tertiary alicyclic amines) is 1. The second-order valence-corrected chi connectivity index (χ2v) is 7.92. The Morgan fingerprint density at radius 1 is 1.03 bits per heavy atom. The van der Waals surface area contributed by atoms with Gasteiger partial charge in [-0.05, 0) is 36.3 Å². The SMILES string of the molecule is CCN1C(=O)[C@@H]2[C@H](C1=O)[C@@H](C(=O)c1ccc([N+](=O)[O-])cc1)N1C=Cc3ccccc3[C@@H]21. The second kappa shape index (κ2) is 6.87. The lowest BCUT2D eigenvalue weighted by Gasteiger charge is -2.35. The van der Waals surface area contributed by atoms with Crippen LogP contribution in [-0.2, 0) is 9.59 Å². The Balaban J connectivity index is 1.61. The average Bonchev–Trinajstić information content (AvgIpc) is 3.25. The van der Waals surface area contributed by atoms with Crippen LogP contribution in [0, 0.1) is 22.0 Å². The van der Waals surface area contributed by atoms with Gasteiger partial charge in [0, 0.05) is 30.4 Å². The number of non-ortho nitro benzene ring substituents is 1. The quantitative estimate of drug-likeness (QED) is 0.328. The summed E-state index contributed by atoms with van der Waals surface area (Å²) in [5, 5.41) is 11.0. The van der Waals surface area contributed by atoms with Crippen LogP contribution in [0.4, 0.5) is 5.69 Å². The first-order valence-electron chi connectivity index (χ1n) is 10.1. The van der Waals surface area contributed by atoms with Crippen LogP contribution in [0.15, 0.2) is 54.7 Å². The van der Waals surface area contributed by atoms with Crippen LogP contribution in [-0.4, -0.2) is 44.9 Å². The molecule has 0 radical (unpaired) electrons. The molecule has 0 N–H and O–H groups in total. The number of nitrogens with zero attached hydrogens (tertiary/aromatic N) is 3. The molecule has 2 aromatic carbocycles. The zero-order valence-corrected chi connectivity index (χ0v) is 16.7. The Morgan fingerprint density at radius 2 is 1.71 bits per heavy atom. The van der Waals surface area contributed by atoms with Crippen molar-refractivity contribution in [2.24, 2.45) is 11.8 Å². The molecule has 0 bridgehead atoms.